The van der Waals surface area contributed by atoms with E-state index in [1.807, 2.05) is 39.0 Å². The summed E-state index contributed by atoms with van der Waals surface area (Å²) in [6, 6.07) is 5.65. The average molecular weight is 367 g/mol. The summed E-state index contributed by atoms with van der Waals surface area (Å²) in [5.74, 6) is 0.967. The Morgan fingerprint density at radius 2 is 1.88 bits per heavy atom. The van der Waals surface area contributed by atoms with Crippen molar-refractivity contribution in [2.45, 2.75) is 45.9 Å². The van der Waals surface area contributed by atoms with Gasteiger partial charge in [0, 0.05) is 31.7 Å². The lowest BCUT2D eigenvalue weighted by Crippen LogP contribution is -2.43. The molecule has 1 atom stereocenters. The zero-order chi connectivity index (χ0) is 19.6. The van der Waals surface area contributed by atoms with Gasteiger partial charge in [-0.05, 0) is 45.4 Å². The van der Waals surface area contributed by atoms with Crippen LogP contribution in [0.5, 0.6) is 11.5 Å². The van der Waals surface area contributed by atoms with Crippen molar-refractivity contribution in [2.75, 3.05) is 33.4 Å². The smallest absolute Gasteiger partial charge is 0.258 e. The number of aliphatic hydroxyl groups is 1. The van der Waals surface area contributed by atoms with Crippen LogP contribution in [0.3, 0.4) is 0 Å². The number of carbonyl (C=O) groups is 1. The summed E-state index contributed by atoms with van der Waals surface area (Å²) < 4.78 is 10.9. The Morgan fingerprint density at radius 1 is 1.19 bits per heavy atom. The number of hydrogen-bond acceptors (Lipinski definition) is 6. The van der Waals surface area contributed by atoms with Crippen LogP contribution in [-0.2, 0) is 11.3 Å². The molecule has 1 amide bonds. The van der Waals surface area contributed by atoms with Gasteiger partial charge in [0.25, 0.3) is 5.91 Å². The van der Waals surface area contributed by atoms with Gasteiger partial charge in [-0.2, -0.15) is 0 Å². The molecule has 0 unspecified atom stereocenters. The van der Waals surface area contributed by atoms with E-state index in [2.05, 4.69) is 16.0 Å². The molecule has 0 aromatic heterocycles. The second-order valence-corrected chi connectivity index (χ2v) is 7.30. The number of carbonyl (C=O) groups excluding carboxylic acids is 1. The van der Waals surface area contributed by atoms with E-state index < -0.39 is 0 Å². The number of hydrogen-bond donors (Lipinski definition) is 4. The third-order valence-electron chi connectivity index (χ3n) is 3.35. The van der Waals surface area contributed by atoms with Gasteiger partial charge in [0.1, 0.15) is 0 Å². The summed E-state index contributed by atoms with van der Waals surface area (Å²) in [7, 11) is 1.58. The topological polar surface area (TPSA) is 91.8 Å². The maximum Gasteiger partial charge on any atom is 0.258 e. The molecular formula is C19H33N3O4. The molecule has 4 N–H and O–H groups in total. The maximum atomic E-state index is 11.9. The Bertz CT molecular complexity index is 556. The van der Waals surface area contributed by atoms with E-state index in [9.17, 15) is 9.90 Å². The fraction of sp³-hybridized carbons (Fsp3) is 0.632. The molecule has 26 heavy (non-hydrogen) atoms. The molecule has 7 nitrogen and oxygen atoms in total. The Labute approximate surface area is 156 Å². The highest BCUT2D eigenvalue weighted by Gasteiger charge is 2.15. The molecule has 1 aromatic carbocycles. The highest BCUT2D eigenvalue weighted by molar-refractivity contribution is 5.78. The first-order valence-electron chi connectivity index (χ1n) is 8.91. The summed E-state index contributed by atoms with van der Waals surface area (Å²) in [6.07, 6.45) is -0.336. The minimum absolute atomic E-state index is 0.0554. The lowest BCUT2D eigenvalue weighted by molar-refractivity contribution is -0.124. The molecule has 0 radical (unpaired) electrons. The molecule has 0 heterocycles. The van der Waals surface area contributed by atoms with E-state index in [0.717, 1.165) is 18.7 Å². The molecule has 148 valence electrons. The van der Waals surface area contributed by atoms with Crippen molar-refractivity contribution in [2.24, 2.45) is 0 Å². The lowest BCUT2D eigenvalue weighted by atomic mass is 10.1. The SMILES string of the molecule is COc1cc(CNCCNC[C@@H](C)O)ccc1OCC(=O)NC(C)(C)C. The van der Waals surface area contributed by atoms with Crippen LogP contribution in [0.25, 0.3) is 0 Å². The van der Waals surface area contributed by atoms with E-state index >= 15 is 0 Å². The Kier molecular flexibility index (Phi) is 9.40. The molecule has 0 saturated carbocycles. The van der Waals surface area contributed by atoms with Gasteiger partial charge < -0.3 is 30.5 Å². The third kappa shape index (κ3) is 9.60. The molecule has 0 fully saturated rings. The zero-order valence-electron chi connectivity index (χ0n) is 16.5. The number of amides is 1. The molecule has 0 bridgehead atoms. The normalized spacial score (nSPS) is 12.5. The van der Waals surface area contributed by atoms with Crippen molar-refractivity contribution in [3.05, 3.63) is 23.8 Å². The van der Waals surface area contributed by atoms with Crippen LogP contribution < -0.4 is 25.4 Å². The van der Waals surface area contributed by atoms with Gasteiger partial charge in [0.15, 0.2) is 18.1 Å². The Balaban J connectivity index is 2.45. The monoisotopic (exact) mass is 367 g/mol. The molecule has 1 aromatic rings. The van der Waals surface area contributed by atoms with E-state index in [0.29, 0.717) is 24.6 Å². The van der Waals surface area contributed by atoms with Gasteiger partial charge in [-0.3, -0.25) is 4.79 Å². The van der Waals surface area contributed by atoms with Crippen LogP contribution in [-0.4, -0.2) is 56.0 Å². The van der Waals surface area contributed by atoms with Crippen LogP contribution in [0.2, 0.25) is 0 Å². The first-order valence-corrected chi connectivity index (χ1v) is 8.91. The van der Waals surface area contributed by atoms with Crippen molar-refractivity contribution in [1.82, 2.24) is 16.0 Å². The molecule has 0 spiro atoms. The quantitative estimate of drug-likeness (QED) is 0.437. The standard InChI is InChI=1S/C19H33N3O4/c1-14(23)11-20-8-9-21-12-15-6-7-16(17(10-15)25-5)26-13-18(24)22-19(2,3)4/h6-7,10,14,20-21,23H,8-9,11-13H2,1-5H3,(H,22,24)/t14-/m1/s1. The number of aliphatic hydroxyl groups excluding tert-OH is 1. The van der Waals surface area contributed by atoms with Crippen molar-refractivity contribution in [3.8, 4) is 11.5 Å². The average Bonchev–Trinajstić information content (AvgIpc) is 2.54. The molecule has 1 rings (SSSR count). The van der Waals surface area contributed by atoms with E-state index in [-0.39, 0.29) is 24.2 Å². The summed E-state index contributed by atoms with van der Waals surface area (Å²) in [5.41, 5.74) is 0.772. The molecule has 0 aliphatic heterocycles. The minimum atomic E-state index is -0.336. The number of ether oxygens (including phenoxy) is 2. The van der Waals surface area contributed by atoms with Crippen LogP contribution in [0.15, 0.2) is 18.2 Å². The Hall–Kier alpha value is -1.83. The van der Waals surface area contributed by atoms with Gasteiger partial charge in [-0.25, -0.2) is 0 Å². The molecule has 7 heteroatoms. The molecule has 0 saturated heterocycles. The van der Waals surface area contributed by atoms with Gasteiger partial charge in [0.05, 0.1) is 13.2 Å². The number of rotatable bonds is 11. The summed E-state index contributed by atoms with van der Waals surface area (Å²) in [5, 5.41) is 18.5. The summed E-state index contributed by atoms with van der Waals surface area (Å²) >= 11 is 0. The first kappa shape index (κ1) is 22.2. The fourth-order valence-corrected chi connectivity index (χ4v) is 2.26. The van der Waals surface area contributed by atoms with Crippen molar-refractivity contribution < 1.29 is 19.4 Å². The van der Waals surface area contributed by atoms with Gasteiger partial charge in [-0.15, -0.1) is 0 Å². The van der Waals surface area contributed by atoms with Crippen molar-refractivity contribution in [1.29, 1.82) is 0 Å². The summed E-state index contributed by atoms with van der Waals surface area (Å²) in [4.78, 5) is 11.9. The minimum Gasteiger partial charge on any atom is -0.493 e. The third-order valence-corrected chi connectivity index (χ3v) is 3.35. The molecule has 0 aliphatic rings. The fourth-order valence-electron chi connectivity index (χ4n) is 2.26. The maximum absolute atomic E-state index is 11.9. The van der Waals surface area contributed by atoms with Crippen LogP contribution >= 0.6 is 0 Å². The highest BCUT2D eigenvalue weighted by atomic mass is 16.5. The van der Waals surface area contributed by atoms with Crippen LogP contribution in [0.1, 0.15) is 33.3 Å². The first-order chi connectivity index (χ1) is 12.2. The zero-order valence-corrected chi connectivity index (χ0v) is 16.5. The van der Waals surface area contributed by atoms with E-state index in [4.69, 9.17) is 9.47 Å². The van der Waals surface area contributed by atoms with Gasteiger partial charge in [-0.1, -0.05) is 6.07 Å². The predicted octanol–water partition coefficient (Wildman–Crippen LogP) is 1.05. The predicted molar refractivity (Wildman–Crippen MR) is 103 cm³/mol. The highest BCUT2D eigenvalue weighted by Crippen LogP contribution is 2.28. The van der Waals surface area contributed by atoms with Crippen LogP contribution in [0.4, 0.5) is 0 Å². The molecule has 0 aliphatic carbocycles. The van der Waals surface area contributed by atoms with Crippen molar-refractivity contribution in [3.63, 3.8) is 0 Å². The lowest BCUT2D eigenvalue weighted by Gasteiger charge is -2.20. The van der Waals surface area contributed by atoms with E-state index in [1.165, 1.54) is 0 Å². The summed E-state index contributed by atoms with van der Waals surface area (Å²) in [6.45, 7) is 10.3. The number of methoxy groups -OCH3 is 1. The Morgan fingerprint density at radius 3 is 2.50 bits per heavy atom. The number of nitrogens with one attached hydrogen (secondary N) is 3. The largest absolute Gasteiger partial charge is 0.493 e. The number of benzene rings is 1. The molecular weight excluding hydrogens is 334 g/mol. The van der Waals surface area contributed by atoms with Gasteiger partial charge >= 0.3 is 0 Å². The van der Waals surface area contributed by atoms with Crippen LogP contribution in [0, 0.1) is 0 Å². The van der Waals surface area contributed by atoms with Gasteiger partial charge in [0.2, 0.25) is 0 Å². The second kappa shape index (κ2) is 11.0. The second-order valence-electron chi connectivity index (χ2n) is 7.30. The van der Waals surface area contributed by atoms with E-state index in [1.54, 1.807) is 14.0 Å². The van der Waals surface area contributed by atoms with Crippen molar-refractivity contribution >= 4 is 5.91 Å².